The fourth-order valence-corrected chi connectivity index (χ4v) is 5.17. The van der Waals surface area contributed by atoms with Crippen molar-refractivity contribution in [2.24, 2.45) is 11.8 Å². The van der Waals surface area contributed by atoms with E-state index in [0.29, 0.717) is 48.1 Å². The van der Waals surface area contributed by atoms with E-state index in [0.717, 1.165) is 18.8 Å². The first-order valence-electron chi connectivity index (χ1n) is 11.1. The predicted octanol–water partition coefficient (Wildman–Crippen LogP) is 4.01. The van der Waals surface area contributed by atoms with Crippen LogP contribution in [0.4, 0.5) is 5.69 Å². The quantitative estimate of drug-likeness (QED) is 0.487. The molecule has 4 rings (SSSR count). The molecule has 0 spiro atoms. The van der Waals surface area contributed by atoms with Crippen molar-refractivity contribution in [1.82, 2.24) is 10.4 Å². The zero-order valence-corrected chi connectivity index (χ0v) is 19.6. The first-order valence-corrected chi connectivity index (χ1v) is 11.9. The van der Waals surface area contributed by atoms with Crippen molar-refractivity contribution in [3.05, 3.63) is 58.6 Å². The minimum Gasteiger partial charge on any atom is -0.489 e. The fourth-order valence-electron chi connectivity index (χ4n) is 4.72. The number of nitrogens with zero attached hydrogens (tertiary/aromatic N) is 2. The number of hydroxylamine groups is 1. The summed E-state index contributed by atoms with van der Waals surface area (Å²) in [5.41, 5.74) is 2.88. The molecule has 0 aromatic heterocycles. The molecule has 1 aliphatic heterocycles. The molecule has 0 unspecified atom stereocenters. The molecule has 2 aliphatic rings. The maximum Gasteiger partial charge on any atom is 0.247 e. The van der Waals surface area contributed by atoms with Gasteiger partial charge in [-0.15, -0.1) is 0 Å². The Balaban J connectivity index is 1.39. The summed E-state index contributed by atoms with van der Waals surface area (Å²) in [5.74, 6) is -1.30. The summed E-state index contributed by atoms with van der Waals surface area (Å²) < 4.78 is 6.02. The molecule has 2 aromatic carbocycles. The Hall–Kier alpha value is -2.48. The van der Waals surface area contributed by atoms with Crippen molar-refractivity contribution >= 4 is 40.7 Å². The van der Waals surface area contributed by atoms with Crippen LogP contribution in [0.15, 0.2) is 48.5 Å². The third kappa shape index (κ3) is 5.54. The number of benzene rings is 2. The monoisotopic (exact) mass is 491 g/mol. The Morgan fingerprint density at radius 2 is 1.70 bits per heavy atom. The fraction of sp³-hybridized carbons (Fsp3) is 0.417. The number of amides is 2. The van der Waals surface area contributed by atoms with E-state index in [1.54, 1.807) is 23.7 Å². The van der Waals surface area contributed by atoms with E-state index in [9.17, 15) is 14.8 Å². The number of halogens is 2. The summed E-state index contributed by atoms with van der Waals surface area (Å²) >= 11 is 12.2. The van der Waals surface area contributed by atoms with Crippen molar-refractivity contribution in [2.45, 2.75) is 25.4 Å². The minimum absolute atomic E-state index is 0.0423. The Morgan fingerprint density at radius 1 is 0.970 bits per heavy atom. The van der Waals surface area contributed by atoms with Gasteiger partial charge in [-0.3, -0.25) is 14.8 Å². The summed E-state index contributed by atoms with van der Waals surface area (Å²) in [6.45, 7) is 2.66. The number of carbonyl (C=O) groups excluding carboxylic acids is 2. The molecule has 1 heterocycles. The molecule has 0 bridgehead atoms. The second-order valence-electron chi connectivity index (χ2n) is 8.46. The van der Waals surface area contributed by atoms with Gasteiger partial charge in [-0.25, -0.2) is 5.48 Å². The van der Waals surface area contributed by atoms with E-state index >= 15 is 0 Å². The minimum atomic E-state index is -0.681. The lowest BCUT2D eigenvalue weighted by atomic mass is 9.76. The average Bonchev–Trinajstić information content (AvgIpc) is 2.85. The molecular weight excluding hydrogens is 465 g/mol. The largest absolute Gasteiger partial charge is 0.489 e. The van der Waals surface area contributed by atoms with Gasteiger partial charge in [0.05, 0.1) is 23.0 Å². The topological polar surface area (TPSA) is 82.1 Å². The molecule has 176 valence electrons. The van der Waals surface area contributed by atoms with Crippen molar-refractivity contribution in [3.63, 3.8) is 0 Å². The first kappa shape index (κ1) is 23.7. The number of hydrogen-bond acceptors (Lipinski definition) is 5. The maximum absolute atomic E-state index is 13.4. The first-order chi connectivity index (χ1) is 16.0. The molecule has 2 aromatic rings. The van der Waals surface area contributed by atoms with Crippen molar-refractivity contribution in [2.75, 3.05) is 31.1 Å². The van der Waals surface area contributed by atoms with Crippen LogP contribution in [0.25, 0.3) is 0 Å². The molecule has 1 saturated carbocycles. The van der Waals surface area contributed by atoms with Crippen LogP contribution in [-0.4, -0.2) is 54.2 Å². The van der Waals surface area contributed by atoms with Gasteiger partial charge < -0.3 is 14.5 Å². The SMILES string of the molecule is O=C(NO)[C@H]1C[C@H](Oc2ccc(Cl)cc2Cl)CC[C@@H]1C(=O)N1CCN(c2ccccc2)CC1. The zero-order chi connectivity index (χ0) is 23.4. The van der Waals surface area contributed by atoms with Crippen LogP contribution in [0.5, 0.6) is 5.75 Å². The highest BCUT2D eigenvalue weighted by atomic mass is 35.5. The van der Waals surface area contributed by atoms with Crippen LogP contribution in [0, 0.1) is 11.8 Å². The zero-order valence-electron chi connectivity index (χ0n) is 18.1. The van der Waals surface area contributed by atoms with Gasteiger partial charge in [0.25, 0.3) is 0 Å². The normalized spacial score (nSPS) is 23.2. The molecule has 2 N–H and O–H groups in total. The van der Waals surface area contributed by atoms with Crippen LogP contribution in [0.3, 0.4) is 0 Å². The Labute approximate surface area is 203 Å². The van der Waals surface area contributed by atoms with Gasteiger partial charge in [0.2, 0.25) is 11.8 Å². The summed E-state index contributed by atoms with van der Waals surface area (Å²) in [4.78, 5) is 29.9. The van der Waals surface area contributed by atoms with E-state index in [4.69, 9.17) is 27.9 Å². The number of nitrogens with one attached hydrogen (secondary N) is 1. The van der Waals surface area contributed by atoms with Crippen LogP contribution in [0.2, 0.25) is 10.0 Å². The lowest BCUT2D eigenvalue weighted by Crippen LogP contribution is -2.53. The summed E-state index contributed by atoms with van der Waals surface area (Å²) in [6, 6.07) is 15.1. The Kier molecular flexibility index (Phi) is 7.63. The van der Waals surface area contributed by atoms with Gasteiger partial charge in [0.1, 0.15) is 5.75 Å². The van der Waals surface area contributed by atoms with Gasteiger partial charge in [0.15, 0.2) is 0 Å². The van der Waals surface area contributed by atoms with Crippen LogP contribution in [0.1, 0.15) is 19.3 Å². The van der Waals surface area contributed by atoms with Crippen molar-refractivity contribution in [1.29, 1.82) is 0 Å². The summed E-state index contributed by atoms with van der Waals surface area (Å²) in [7, 11) is 0. The molecule has 0 radical (unpaired) electrons. The number of rotatable bonds is 5. The molecule has 2 fully saturated rings. The van der Waals surface area contributed by atoms with Crippen LogP contribution in [-0.2, 0) is 9.59 Å². The molecule has 9 heteroatoms. The van der Waals surface area contributed by atoms with Crippen molar-refractivity contribution < 1.29 is 19.5 Å². The van der Waals surface area contributed by atoms with Gasteiger partial charge >= 0.3 is 0 Å². The number of para-hydroxylation sites is 1. The smallest absolute Gasteiger partial charge is 0.247 e. The van der Waals surface area contributed by atoms with E-state index in [2.05, 4.69) is 17.0 Å². The summed E-state index contributed by atoms with van der Waals surface area (Å²) in [6.07, 6.45) is 1.11. The van der Waals surface area contributed by atoms with E-state index < -0.39 is 17.7 Å². The van der Waals surface area contributed by atoms with E-state index in [-0.39, 0.29) is 12.0 Å². The van der Waals surface area contributed by atoms with Gasteiger partial charge in [-0.1, -0.05) is 41.4 Å². The average molecular weight is 492 g/mol. The second-order valence-corrected chi connectivity index (χ2v) is 9.31. The maximum atomic E-state index is 13.4. The molecule has 2 amide bonds. The van der Waals surface area contributed by atoms with E-state index in [1.165, 1.54) is 0 Å². The third-order valence-electron chi connectivity index (χ3n) is 6.47. The highest BCUT2D eigenvalue weighted by Gasteiger charge is 2.42. The number of hydrogen-bond donors (Lipinski definition) is 2. The number of carbonyl (C=O) groups is 2. The van der Waals surface area contributed by atoms with E-state index in [1.807, 2.05) is 23.1 Å². The highest BCUT2D eigenvalue weighted by molar-refractivity contribution is 6.35. The van der Waals surface area contributed by atoms with Gasteiger partial charge in [0, 0.05) is 36.9 Å². The van der Waals surface area contributed by atoms with Gasteiger partial charge in [-0.2, -0.15) is 0 Å². The molecule has 1 saturated heterocycles. The standard InChI is InChI=1S/C24H27Cl2N3O4/c25-16-6-9-22(21(26)14-16)33-18-7-8-19(20(15-18)23(30)27-32)24(31)29-12-10-28(11-13-29)17-4-2-1-3-5-17/h1-6,9,14,18-20,32H,7-8,10-13,15H2,(H,27,30)/t18-,19+,20+/m1/s1. The highest BCUT2D eigenvalue weighted by Crippen LogP contribution is 2.36. The Morgan fingerprint density at radius 3 is 2.36 bits per heavy atom. The molecule has 33 heavy (non-hydrogen) atoms. The summed E-state index contributed by atoms with van der Waals surface area (Å²) in [5, 5.41) is 10.2. The third-order valence-corrected chi connectivity index (χ3v) is 7.00. The molecule has 3 atom stereocenters. The molecule has 7 nitrogen and oxygen atoms in total. The number of piperazine rings is 1. The lowest BCUT2D eigenvalue weighted by molar-refractivity contribution is -0.148. The van der Waals surface area contributed by atoms with Gasteiger partial charge in [-0.05, 0) is 49.6 Å². The molecular formula is C24H27Cl2N3O4. The number of anilines is 1. The van der Waals surface area contributed by atoms with Crippen molar-refractivity contribution in [3.8, 4) is 5.75 Å². The van der Waals surface area contributed by atoms with Crippen LogP contribution < -0.4 is 15.1 Å². The van der Waals surface area contributed by atoms with Crippen LogP contribution >= 0.6 is 23.2 Å². The molecule has 1 aliphatic carbocycles. The second kappa shape index (κ2) is 10.6. The predicted molar refractivity (Wildman–Crippen MR) is 127 cm³/mol. The Bertz CT molecular complexity index is 983. The lowest BCUT2D eigenvalue weighted by Gasteiger charge is -2.40. The number of ether oxygens (including phenoxy) is 1.